The molecule has 0 amide bonds. The first kappa shape index (κ1) is 12.7. The minimum absolute atomic E-state index is 0.692. The third kappa shape index (κ3) is 2.39. The van der Waals surface area contributed by atoms with E-state index in [2.05, 4.69) is 25.8 Å². The van der Waals surface area contributed by atoms with Crippen LogP contribution in [-0.2, 0) is 0 Å². The molecule has 2 heterocycles. The molecule has 2 nitrogen and oxygen atoms in total. The molecule has 1 aliphatic carbocycles. The fraction of sp³-hybridized carbons (Fsp3) is 0.643. The van der Waals surface area contributed by atoms with Gasteiger partial charge in [-0.3, -0.25) is 0 Å². The van der Waals surface area contributed by atoms with Gasteiger partial charge in [0.1, 0.15) is 5.82 Å². The molecule has 0 N–H and O–H groups in total. The highest BCUT2D eigenvalue weighted by molar-refractivity contribution is 9.10. The van der Waals surface area contributed by atoms with Crippen LogP contribution in [0.1, 0.15) is 38.5 Å². The monoisotopic (exact) mass is 328 g/mol. The normalized spacial score (nSPS) is 25.0. The molecule has 2 fully saturated rings. The first-order valence-electron chi connectivity index (χ1n) is 6.83. The summed E-state index contributed by atoms with van der Waals surface area (Å²) in [5, 5.41) is 0.697. The van der Waals surface area contributed by atoms with Crippen molar-refractivity contribution in [3.05, 3.63) is 21.8 Å². The van der Waals surface area contributed by atoms with Gasteiger partial charge in [-0.05, 0) is 53.6 Å². The van der Waals surface area contributed by atoms with Crippen molar-refractivity contribution in [2.45, 2.75) is 44.6 Å². The molecule has 1 aromatic heterocycles. The summed E-state index contributed by atoms with van der Waals surface area (Å²) in [6.07, 6.45) is 9.97. The molecule has 1 saturated heterocycles. The highest BCUT2D eigenvalue weighted by Gasteiger charge is 2.34. The summed E-state index contributed by atoms with van der Waals surface area (Å²) in [5.74, 6) is 1.95. The summed E-state index contributed by atoms with van der Waals surface area (Å²) in [7, 11) is 0. The molecule has 1 unspecified atom stereocenters. The fourth-order valence-corrected chi connectivity index (χ4v) is 4.37. The highest BCUT2D eigenvalue weighted by Crippen LogP contribution is 2.39. The quantitative estimate of drug-likeness (QED) is 0.784. The number of rotatable bonds is 2. The van der Waals surface area contributed by atoms with E-state index in [1.165, 1.54) is 38.5 Å². The minimum atomic E-state index is 0.692. The molecular weight excluding hydrogens is 312 g/mol. The van der Waals surface area contributed by atoms with Gasteiger partial charge in [-0.1, -0.05) is 24.4 Å². The number of halogens is 2. The highest BCUT2D eigenvalue weighted by atomic mass is 79.9. The van der Waals surface area contributed by atoms with Crippen LogP contribution in [0.5, 0.6) is 0 Å². The lowest BCUT2D eigenvalue weighted by Gasteiger charge is -2.31. The van der Waals surface area contributed by atoms with Crippen LogP contribution in [0.15, 0.2) is 16.7 Å². The molecule has 18 heavy (non-hydrogen) atoms. The van der Waals surface area contributed by atoms with Crippen molar-refractivity contribution in [3.63, 3.8) is 0 Å². The van der Waals surface area contributed by atoms with Gasteiger partial charge in [-0.2, -0.15) is 0 Å². The number of aromatic nitrogens is 1. The van der Waals surface area contributed by atoms with E-state index in [1.54, 1.807) is 6.20 Å². The van der Waals surface area contributed by atoms with Crippen LogP contribution in [0.4, 0.5) is 5.82 Å². The van der Waals surface area contributed by atoms with Gasteiger partial charge in [0.2, 0.25) is 0 Å². The lowest BCUT2D eigenvalue weighted by atomic mass is 9.96. The van der Waals surface area contributed by atoms with Gasteiger partial charge in [0.25, 0.3) is 0 Å². The maximum Gasteiger partial charge on any atom is 0.143 e. The number of nitrogens with zero attached hydrogens (tertiary/aromatic N) is 2. The van der Waals surface area contributed by atoms with Crippen molar-refractivity contribution in [1.29, 1.82) is 0 Å². The molecule has 0 bridgehead atoms. The zero-order valence-electron chi connectivity index (χ0n) is 10.4. The smallest absolute Gasteiger partial charge is 0.143 e. The van der Waals surface area contributed by atoms with Gasteiger partial charge < -0.3 is 4.90 Å². The van der Waals surface area contributed by atoms with Crippen molar-refractivity contribution >= 4 is 33.3 Å². The number of hydrogen-bond acceptors (Lipinski definition) is 2. The van der Waals surface area contributed by atoms with Gasteiger partial charge in [0.15, 0.2) is 0 Å². The Labute approximate surface area is 122 Å². The molecule has 2 aliphatic rings. The molecule has 0 spiro atoms. The van der Waals surface area contributed by atoms with E-state index in [-0.39, 0.29) is 0 Å². The van der Waals surface area contributed by atoms with E-state index in [4.69, 9.17) is 11.6 Å². The van der Waals surface area contributed by atoms with E-state index in [0.717, 1.165) is 22.8 Å². The summed E-state index contributed by atoms with van der Waals surface area (Å²) in [6, 6.07) is 2.64. The molecular formula is C14H18BrClN2. The zero-order valence-corrected chi connectivity index (χ0v) is 12.8. The van der Waals surface area contributed by atoms with E-state index in [0.29, 0.717) is 11.1 Å². The lowest BCUT2D eigenvalue weighted by Crippen LogP contribution is -2.35. The summed E-state index contributed by atoms with van der Waals surface area (Å²) >= 11 is 9.58. The van der Waals surface area contributed by atoms with Crippen molar-refractivity contribution in [2.24, 2.45) is 5.92 Å². The van der Waals surface area contributed by atoms with Crippen LogP contribution in [-0.4, -0.2) is 17.6 Å². The molecule has 1 aliphatic heterocycles. The summed E-state index contributed by atoms with van der Waals surface area (Å²) in [4.78, 5) is 7.02. The molecule has 1 aromatic rings. The SMILES string of the molecule is Clc1cnc(N2CCCC2C2CCCC2)c(Br)c1. The average molecular weight is 330 g/mol. The third-order valence-corrected chi connectivity index (χ3v) is 5.09. The first-order chi connectivity index (χ1) is 8.75. The number of anilines is 1. The average Bonchev–Trinajstić information content (AvgIpc) is 2.98. The van der Waals surface area contributed by atoms with Crippen molar-refractivity contribution < 1.29 is 0 Å². The summed E-state index contributed by atoms with van der Waals surface area (Å²) in [5.41, 5.74) is 0. The van der Waals surface area contributed by atoms with Crippen LogP contribution in [0, 0.1) is 5.92 Å². The predicted octanol–water partition coefficient (Wildman–Crippen LogP) is 4.66. The van der Waals surface area contributed by atoms with E-state index < -0.39 is 0 Å². The lowest BCUT2D eigenvalue weighted by molar-refractivity contribution is 0.429. The second-order valence-electron chi connectivity index (χ2n) is 5.41. The number of hydrogen-bond donors (Lipinski definition) is 0. The number of pyridine rings is 1. The Bertz CT molecular complexity index is 432. The molecule has 4 heteroatoms. The van der Waals surface area contributed by atoms with E-state index >= 15 is 0 Å². The van der Waals surface area contributed by atoms with Crippen molar-refractivity contribution in [2.75, 3.05) is 11.4 Å². The Morgan fingerprint density at radius 2 is 2.00 bits per heavy atom. The standard InChI is InChI=1S/C14H18BrClN2/c15-12-8-11(16)9-17-14(12)18-7-3-6-13(18)10-4-1-2-5-10/h8-10,13H,1-7H2. The zero-order chi connectivity index (χ0) is 12.5. The maximum absolute atomic E-state index is 5.98. The predicted molar refractivity (Wildman–Crippen MR) is 79.3 cm³/mol. The topological polar surface area (TPSA) is 16.1 Å². The van der Waals surface area contributed by atoms with E-state index in [1.807, 2.05) is 6.07 Å². The second-order valence-corrected chi connectivity index (χ2v) is 6.70. The van der Waals surface area contributed by atoms with Crippen LogP contribution >= 0.6 is 27.5 Å². The second kappa shape index (κ2) is 5.38. The van der Waals surface area contributed by atoms with Gasteiger partial charge in [-0.25, -0.2) is 4.98 Å². The molecule has 0 aromatic carbocycles. The largest absolute Gasteiger partial charge is 0.352 e. The first-order valence-corrected chi connectivity index (χ1v) is 8.00. The Kier molecular flexibility index (Phi) is 3.81. The Morgan fingerprint density at radius 1 is 1.22 bits per heavy atom. The molecule has 98 valence electrons. The van der Waals surface area contributed by atoms with Gasteiger partial charge in [-0.15, -0.1) is 0 Å². The third-order valence-electron chi connectivity index (χ3n) is 4.30. The Hall–Kier alpha value is -0.280. The minimum Gasteiger partial charge on any atom is -0.352 e. The van der Waals surface area contributed by atoms with Crippen LogP contribution in [0.3, 0.4) is 0 Å². The fourth-order valence-electron chi connectivity index (χ4n) is 3.51. The Balaban J connectivity index is 1.85. The van der Waals surface area contributed by atoms with Crippen LogP contribution < -0.4 is 4.90 Å². The van der Waals surface area contributed by atoms with Gasteiger partial charge in [0, 0.05) is 18.8 Å². The van der Waals surface area contributed by atoms with Crippen molar-refractivity contribution in [3.8, 4) is 0 Å². The van der Waals surface area contributed by atoms with Crippen LogP contribution in [0.2, 0.25) is 5.02 Å². The van der Waals surface area contributed by atoms with Crippen molar-refractivity contribution in [1.82, 2.24) is 4.98 Å². The van der Waals surface area contributed by atoms with Crippen LogP contribution in [0.25, 0.3) is 0 Å². The summed E-state index contributed by atoms with van der Waals surface area (Å²) in [6.45, 7) is 1.13. The molecule has 0 radical (unpaired) electrons. The molecule has 3 rings (SSSR count). The van der Waals surface area contributed by atoms with Gasteiger partial charge >= 0.3 is 0 Å². The molecule has 1 atom stereocenters. The maximum atomic E-state index is 5.98. The van der Waals surface area contributed by atoms with Gasteiger partial charge in [0.05, 0.1) is 9.50 Å². The molecule has 1 saturated carbocycles. The van der Waals surface area contributed by atoms with E-state index in [9.17, 15) is 0 Å². The summed E-state index contributed by atoms with van der Waals surface area (Å²) < 4.78 is 1.03. The Morgan fingerprint density at radius 3 is 2.72 bits per heavy atom.